The number of amides is 1. The van der Waals surface area contributed by atoms with Crippen LogP contribution in [-0.2, 0) is 4.79 Å². The van der Waals surface area contributed by atoms with Crippen molar-refractivity contribution in [2.24, 2.45) is 0 Å². The van der Waals surface area contributed by atoms with Crippen molar-refractivity contribution in [3.8, 4) is 0 Å². The lowest BCUT2D eigenvalue weighted by atomic mass is 10.3. The third-order valence-electron chi connectivity index (χ3n) is 1.83. The zero-order valence-corrected chi connectivity index (χ0v) is 10.3. The van der Waals surface area contributed by atoms with Crippen LogP contribution in [0.1, 0.15) is 13.8 Å². The number of anilines is 1. The molecular formula is C10H14BrN3O. The Balaban J connectivity index is 2.58. The van der Waals surface area contributed by atoms with Crippen LogP contribution in [0.25, 0.3) is 0 Å². The van der Waals surface area contributed by atoms with Gasteiger partial charge >= 0.3 is 0 Å². The Kier molecular flexibility index (Phi) is 4.55. The van der Waals surface area contributed by atoms with Crippen LogP contribution < -0.4 is 10.6 Å². The second-order valence-corrected chi connectivity index (χ2v) is 4.07. The van der Waals surface area contributed by atoms with E-state index >= 15 is 0 Å². The molecule has 0 saturated heterocycles. The number of likely N-dealkylation sites (N-methyl/N-ethyl adjacent to an activating group) is 1. The second-order valence-electron chi connectivity index (χ2n) is 3.15. The smallest absolute Gasteiger partial charge is 0.242 e. The molecule has 5 heteroatoms. The zero-order valence-electron chi connectivity index (χ0n) is 8.75. The van der Waals surface area contributed by atoms with Crippen LogP contribution in [0.5, 0.6) is 0 Å². The van der Waals surface area contributed by atoms with Gasteiger partial charge in [-0.15, -0.1) is 0 Å². The van der Waals surface area contributed by atoms with Crippen LogP contribution in [0.2, 0.25) is 0 Å². The number of nitrogens with one attached hydrogen (secondary N) is 2. The summed E-state index contributed by atoms with van der Waals surface area (Å²) in [6, 6.07) is 1.61. The summed E-state index contributed by atoms with van der Waals surface area (Å²) >= 11 is 3.32. The van der Waals surface area contributed by atoms with Crippen LogP contribution >= 0.6 is 15.9 Å². The van der Waals surface area contributed by atoms with Crippen molar-refractivity contribution in [2.45, 2.75) is 19.9 Å². The molecule has 0 aromatic carbocycles. The lowest BCUT2D eigenvalue weighted by molar-refractivity contribution is -0.121. The summed E-state index contributed by atoms with van der Waals surface area (Å²) in [5.74, 6) is -0.0162. The maximum absolute atomic E-state index is 11.4. The van der Waals surface area contributed by atoms with E-state index in [1.54, 1.807) is 12.4 Å². The van der Waals surface area contributed by atoms with E-state index < -0.39 is 0 Å². The number of halogens is 1. The zero-order chi connectivity index (χ0) is 11.3. The SMILES string of the molecule is CCNC(=O)C(C)Nc1cncc(Br)c1. The Morgan fingerprint density at radius 3 is 2.93 bits per heavy atom. The van der Waals surface area contributed by atoms with Gasteiger partial charge in [0.05, 0.1) is 11.9 Å². The summed E-state index contributed by atoms with van der Waals surface area (Å²) in [6.07, 6.45) is 3.38. The van der Waals surface area contributed by atoms with E-state index in [0.29, 0.717) is 6.54 Å². The van der Waals surface area contributed by atoms with E-state index in [2.05, 4.69) is 31.5 Å². The van der Waals surface area contributed by atoms with Crippen molar-refractivity contribution in [3.05, 3.63) is 22.9 Å². The summed E-state index contributed by atoms with van der Waals surface area (Å²) in [4.78, 5) is 15.4. The fraction of sp³-hybridized carbons (Fsp3) is 0.400. The molecule has 1 rings (SSSR count). The van der Waals surface area contributed by atoms with Gasteiger partial charge in [-0.2, -0.15) is 0 Å². The molecule has 1 unspecified atom stereocenters. The highest BCUT2D eigenvalue weighted by atomic mass is 79.9. The van der Waals surface area contributed by atoms with E-state index in [1.807, 2.05) is 19.9 Å². The Hall–Kier alpha value is -1.10. The summed E-state index contributed by atoms with van der Waals surface area (Å²) in [7, 11) is 0. The molecule has 15 heavy (non-hydrogen) atoms. The van der Waals surface area contributed by atoms with Gasteiger partial charge in [-0.05, 0) is 35.8 Å². The average Bonchev–Trinajstić information content (AvgIpc) is 2.18. The van der Waals surface area contributed by atoms with Crippen molar-refractivity contribution in [1.82, 2.24) is 10.3 Å². The van der Waals surface area contributed by atoms with E-state index in [1.165, 1.54) is 0 Å². The Morgan fingerprint density at radius 1 is 1.60 bits per heavy atom. The Labute approximate surface area is 97.6 Å². The molecule has 0 radical (unpaired) electrons. The number of aromatic nitrogens is 1. The lowest BCUT2D eigenvalue weighted by Gasteiger charge is -2.14. The van der Waals surface area contributed by atoms with Crippen LogP contribution in [0, 0.1) is 0 Å². The van der Waals surface area contributed by atoms with Crippen LogP contribution in [0.4, 0.5) is 5.69 Å². The minimum absolute atomic E-state index is 0.0162. The van der Waals surface area contributed by atoms with Crippen molar-refractivity contribution >= 4 is 27.5 Å². The van der Waals surface area contributed by atoms with Gasteiger partial charge in [0.15, 0.2) is 0 Å². The molecule has 1 amide bonds. The third-order valence-corrected chi connectivity index (χ3v) is 2.27. The van der Waals surface area contributed by atoms with Gasteiger partial charge < -0.3 is 10.6 Å². The first-order valence-electron chi connectivity index (χ1n) is 4.78. The predicted octanol–water partition coefficient (Wildman–Crippen LogP) is 1.78. The van der Waals surface area contributed by atoms with E-state index in [9.17, 15) is 4.79 Å². The van der Waals surface area contributed by atoms with Gasteiger partial charge in [0.1, 0.15) is 6.04 Å². The highest BCUT2D eigenvalue weighted by molar-refractivity contribution is 9.10. The molecule has 0 bridgehead atoms. The number of hydrogen-bond acceptors (Lipinski definition) is 3. The molecule has 0 spiro atoms. The van der Waals surface area contributed by atoms with Crippen LogP contribution in [0.3, 0.4) is 0 Å². The highest BCUT2D eigenvalue weighted by Gasteiger charge is 2.10. The molecule has 0 saturated carbocycles. The van der Waals surface area contributed by atoms with Crippen molar-refractivity contribution in [3.63, 3.8) is 0 Å². The number of carbonyl (C=O) groups excluding carboxylic acids is 1. The molecule has 0 fully saturated rings. The molecule has 2 N–H and O–H groups in total. The van der Waals surface area contributed by atoms with E-state index in [0.717, 1.165) is 10.2 Å². The standard InChI is InChI=1S/C10H14BrN3O/c1-3-13-10(15)7(2)14-9-4-8(11)5-12-6-9/h4-7,14H,3H2,1-2H3,(H,13,15). The average molecular weight is 272 g/mol. The summed E-state index contributed by atoms with van der Waals surface area (Å²) in [5.41, 5.74) is 0.822. The van der Waals surface area contributed by atoms with Crippen molar-refractivity contribution < 1.29 is 4.79 Å². The molecule has 4 nitrogen and oxygen atoms in total. The minimum Gasteiger partial charge on any atom is -0.373 e. The molecule has 1 atom stereocenters. The molecule has 0 aliphatic heterocycles. The predicted molar refractivity (Wildman–Crippen MR) is 63.7 cm³/mol. The van der Waals surface area contributed by atoms with Crippen molar-refractivity contribution in [1.29, 1.82) is 0 Å². The molecular weight excluding hydrogens is 258 g/mol. The van der Waals surface area contributed by atoms with Gasteiger partial charge in [0.2, 0.25) is 5.91 Å². The van der Waals surface area contributed by atoms with Gasteiger partial charge in [-0.3, -0.25) is 9.78 Å². The normalized spacial score (nSPS) is 11.9. The highest BCUT2D eigenvalue weighted by Crippen LogP contribution is 2.14. The molecule has 1 aromatic rings. The van der Waals surface area contributed by atoms with E-state index in [4.69, 9.17) is 0 Å². The lowest BCUT2D eigenvalue weighted by Crippen LogP contribution is -2.37. The summed E-state index contributed by atoms with van der Waals surface area (Å²) in [6.45, 7) is 4.35. The van der Waals surface area contributed by atoms with Gasteiger partial charge in [0, 0.05) is 17.2 Å². The van der Waals surface area contributed by atoms with Crippen molar-refractivity contribution in [2.75, 3.05) is 11.9 Å². The Morgan fingerprint density at radius 2 is 2.33 bits per heavy atom. The molecule has 82 valence electrons. The fourth-order valence-corrected chi connectivity index (χ4v) is 1.50. The summed E-state index contributed by atoms with van der Waals surface area (Å²) < 4.78 is 0.885. The summed E-state index contributed by atoms with van der Waals surface area (Å²) in [5, 5.41) is 5.81. The van der Waals surface area contributed by atoms with E-state index in [-0.39, 0.29) is 11.9 Å². The maximum Gasteiger partial charge on any atom is 0.242 e. The minimum atomic E-state index is -0.263. The molecule has 0 aliphatic rings. The van der Waals surface area contributed by atoms with Gasteiger partial charge in [-0.1, -0.05) is 0 Å². The fourth-order valence-electron chi connectivity index (χ4n) is 1.13. The van der Waals surface area contributed by atoms with Gasteiger partial charge in [-0.25, -0.2) is 0 Å². The molecule has 0 aliphatic carbocycles. The second kappa shape index (κ2) is 5.70. The molecule has 1 heterocycles. The topological polar surface area (TPSA) is 54.0 Å². The van der Waals surface area contributed by atoms with Crippen LogP contribution in [0.15, 0.2) is 22.9 Å². The number of nitrogens with zero attached hydrogens (tertiary/aromatic N) is 1. The number of pyridine rings is 1. The first kappa shape index (κ1) is 12.0. The quantitative estimate of drug-likeness (QED) is 0.878. The Bertz CT molecular complexity index is 343. The number of carbonyl (C=O) groups is 1. The van der Waals surface area contributed by atoms with Gasteiger partial charge in [0.25, 0.3) is 0 Å². The monoisotopic (exact) mass is 271 g/mol. The first-order valence-corrected chi connectivity index (χ1v) is 5.57. The largest absolute Gasteiger partial charge is 0.373 e. The third kappa shape index (κ3) is 3.87. The number of hydrogen-bond donors (Lipinski definition) is 2. The molecule has 1 aromatic heterocycles. The van der Waals surface area contributed by atoms with Crippen LogP contribution in [-0.4, -0.2) is 23.5 Å². The first-order chi connectivity index (χ1) is 7.13. The number of rotatable bonds is 4. The maximum atomic E-state index is 11.4.